The second-order valence-corrected chi connectivity index (χ2v) is 3.97. The molecule has 0 fully saturated rings. The lowest BCUT2D eigenvalue weighted by Gasteiger charge is -2.11. The molecule has 3 nitrogen and oxygen atoms in total. The first-order chi connectivity index (χ1) is 8.33. The number of benzene rings is 1. The van der Waals surface area contributed by atoms with Crippen molar-refractivity contribution in [3.8, 4) is 0 Å². The molecule has 1 heterocycles. The highest BCUT2D eigenvalue weighted by atomic mass is 16.5. The van der Waals surface area contributed by atoms with E-state index in [0.717, 1.165) is 16.7 Å². The van der Waals surface area contributed by atoms with Crippen LogP contribution < -0.4 is 0 Å². The lowest BCUT2D eigenvalue weighted by molar-refractivity contribution is -0.133. The number of carbonyl (C=O) groups is 1. The second-order valence-electron chi connectivity index (χ2n) is 3.97. The van der Waals surface area contributed by atoms with Gasteiger partial charge in [0, 0.05) is 6.21 Å². The summed E-state index contributed by atoms with van der Waals surface area (Å²) in [4.78, 5) is 16.3. The van der Waals surface area contributed by atoms with Crippen molar-refractivity contribution in [2.45, 2.75) is 6.04 Å². The summed E-state index contributed by atoms with van der Waals surface area (Å²) in [5.74, 6) is -0.295. The Bertz CT molecular complexity index is 582. The topological polar surface area (TPSA) is 38.7 Å². The minimum Gasteiger partial charge on any atom is -0.465 e. The van der Waals surface area contributed by atoms with E-state index in [1.807, 2.05) is 36.4 Å². The maximum atomic E-state index is 11.9. The lowest BCUT2D eigenvalue weighted by Crippen LogP contribution is -2.04. The molecular formula is C14H11NO2. The third-order valence-electron chi connectivity index (χ3n) is 3.09. The van der Waals surface area contributed by atoms with E-state index in [4.69, 9.17) is 4.74 Å². The van der Waals surface area contributed by atoms with Gasteiger partial charge in [-0.05, 0) is 22.8 Å². The van der Waals surface area contributed by atoms with E-state index in [9.17, 15) is 4.79 Å². The molecule has 1 aromatic carbocycles. The molecular weight excluding hydrogens is 214 g/mol. The third-order valence-corrected chi connectivity index (χ3v) is 3.09. The van der Waals surface area contributed by atoms with E-state index >= 15 is 0 Å². The molecule has 1 aromatic rings. The summed E-state index contributed by atoms with van der Waals surface area (Å²) in [7, 11) is 1.40. The molecule has 84 valence electrons. The molecule has 2 aliphatic rings. The Kier molecular flexibility index (Phi) is 2.18. The fraction of sp³-hybridized carbons (Fsp3) is 0.143. The summed E-state index contributed by atoms with van der Waals surface area (Å²) in [6.07, 6.45) is 5.55. The monoisotopic (exact) mass is 225 g/mol. The highest BCUT2D eigenvalue weighted by Gasteiger charge is 2.33. The number of aliphatic imine (C=N–C) groups is 1. The van der Waals surface area contributed by atoms with Gasteiger partial charge < -0.3 is 4.74 Å². The minimum absolute atomic E-state index is 0.0506. The van der Waals surface area contributed by atoms with Crippen molar-refractivity contribution in [2.75, 3.05) is 7.11 Å². The van der Waals surface area contributed by atoms with Gasteiger partial charge in [0.25, 0.3) is 0 Å². The number of esters is 1. The van der Waals surface area contributed by atoms with Crippen molar-refractivity contribution in [3.63, 3.8) is 0 Å². The summed E-state index contributed by atoms with van der Waals surface area (Å²) in [6.45, 7) is 0. The van der Waals surface area contributed by atoms with E-state index in [1.54, 1.807) is 6.21 Å². The fourth-order valence-electron chi connectivity index (χ4n) is 2.37. The zero-order valence-corrected chi connectivity index (χ0v) is 9.38. The maximum Gasteiger partial charge on any atom is 0.338 e. The molecule has 0 spiro atoms. The predicted octanol–water partition coefficient (Wildman–Crippen LogP) is 2.31. The quantitative estimate of drug-likeness (QED) is 0.688. The second kappa shape index (κ2) is 3.70. The molecule has 0 saturated heterocycles. The van der Waals surface area contributed by atoms with Crippen LogP contribution in [0, 0.1) is 0 Å². The molecule has 3 heteroatoms. The molecule has 0 aromatic heterocycles. The highest BCUT2D eigenvalue weighted by molar-refractivity contribution is 6.20. The number of hydrogen-bond acceptors (Lipinski definition) is 3. The van der Waals surface area contributed by atoms with Gasteiger partial charge in [0.05, 0.1) is 12.7 Å². The third kappa shape index (κ3) is 1.35. The van der Waals surface area contributed by atoms with E-state index in [-0.39, 0.29) is 12.0 Å². The van der Waals surface area contributed by atoms with E-state index in [1.165, 1.54) is 7.11 Å². The van der Waals surface area contributed by atoms with E-state index in [0.29, 0.717) is 5.57 Å². The molecule has 0 amide bonds. The number of dihydropyridines is 1. The van der Waals surface area contributed by atoms with Crippen molar-refractivity contribution in [2.24, 2.45) is 4.99 Å². The highest BCUT2D eigenvalue weighted by Crippen LogP contribution is 2.44. The Balaban J connectivity index is 2.25. The molecule has 1 aliphatic heterocycles. The van der Waals surface area contributed by atoms with Gasteiger partial charge in [-0.15, -0.1) is 0 Å². The van der Waals surface area contributed by atoms with Crippen molar-refractivity contribution < 1.29 is 9.53 Å². The van der Waals surface area contributed by atoms with Crippen LogP contribution in [0.3, 0.4) is 0 Å². The standard InChI is InChI=1S/C14H11NO2/c1-17-14(16)12-9-5-2-3-6-10(9)13-11(12)7-4-8-15-13/h2-8,13H,1H3. The van der Waals surface area contributed by atoms with Crippen molar-refractivity contribution >= 4 is 17.8 Å². The fourth-order valence-corrected chi connectivity index (χ4v) is 2.37. The van der Waals surface area contributed by atoms with Crippen LogP contribution in [-0.2, 0) is 9.53 Å². The minimum atomic E-state index is -0.295. The Morgan fingerprint density at radius 2 is 2.18 bits per heavy atom. The Morgan fingerprint density at radius 3 is 3.00 bits per heavy atom. The lowest BCUT2D eigenvalue weighted by atomic mass is 10.0. The zero-order valence-electron chi connectivity index (χ0n) is 9.38. The molecule has 1 aliphatic carbocycles. The summed E-state index contributed by atoms with van der Waals surface area (Å²) >= 11 is 0. The molecule has 3 rings (SSSR count). The van der Waals surface area contributed by atoms with Gasteiger partial charge in [-0.1, -0.05) is 30.3 Å². The van der Waals surface area contributed by atoms with Gasteiger partial charge in [0.15, 0.2) is 0 Å². The first-order valence-electron chi connectivity index (χ1n) is 5.44. The van der Waals surface area contributed by atoms with Crippen LogP contribution >= 0.6 is 0 Å². The summed E-state index contributed by atoms with van der Waals surface area (Å²) < 4.78 is 4.86. The first kappa shape index (κ1) is 10.0. The van der Waals surface area contributed by atoms with Crippen LogP contribution in [0.15, 0.2) is 47.0 Å². The number of carbonyl (C=O) groups excluding carboxylic acids is 1. The van der Waals surface area contributed by atoms with Crippen LogP contribution in [0.2, 0.25) is 0 Å². The number of fused-ring (bicyclic) bond motifs is 3. The predicted molar refractivity (Wildman–Crippen MR) is 65.8 cm³/mol. The van der Waals surface area contributed by atoms with Crippen LogP contribution in [0.25, 0.3) is 5.57 Å². The number of rotatable bonds is 1. The number of nitrogens with zero attached hydrogens (tertiary/aromatic N) is 1. The number of methoxy groups -OCH3 is 1. The largest absolute Gasteiger partial charge is 0.465 e. The summed E-state index contributed by atoms with van der Waals surface area (Å²) in [5.41, 5.74) is 3.58. The average molecular weight is 225 g/mol. The number of allylic oxidation sites excluding steroid dienone is 1. The van der Waals surface area contributed by atoms with Crippen LogP contribution in [0.1, 0.15) is 17.2 Å². The van der Waals surface area contributed by atoms with Crippen molar-refractivity contribution in [1.29, 1.82) is 0 Å². The normalized spacial score (nSPS) is 20.2. The first-order valence-corrected chi connectivity index (χ1v) is 5.44. The van der Waals surface area contributed by atoms with Gasteiger partial charge in [-0.2, -0.15) is 0 Å². The summed E-state index contributed by atoms with van der Waals surface area (Å²) in [6, 6.07) is 7.78. The smallest absolute Gasteiger partial charge is 0.338 e. The Morgan fingerprint density at radius 1 is 1.35 bits per heavy atom. The molecule has 0 bridgehead atoms. The molecule has 0 radical (unpaired) electrons. The Hall–Kier alpha value is -2.16. The molecule has 1 unspecified atom stereocenters. The molecule has 0 saturated carbocycles. The average Bonchev–Trinajstić information content (AvgIpc) is 2.72. The molecule has 17 heavy (non-hydrogen) atoms. The van der Waals surface area contributed by atoms with Gasteiger partial charge in [-0.25, -0.2) is 4.79 Å². The van der Waals surface area contributed by atoms with E-state index < -0.39 is 0 Å². The molecule has 1 atom stereocenters. The van der Waals surface area contributed by atoms with Crippen molar-refractivity contribution in [3.05, 3.63) is 53.1 Å². The van der Waals surface area contributed by atoms with Crippen molar-refractivity contribution in [1.82, 2.24) is 0 Å². The van der Waals surface area contributed by atoms with Gasteiger partial charge in [0.2, 0.25) is 0 Å². The maximum absolute atomic E-state index is 11.9. The van der Waals surface area contributed by atoms with Crippen LogP contribution in [-0.4, -0.2) is 19.3 Å². The van der Waals surface area contributed by atoms with E-state index in [2.05, 4.69) is 4.99 Å². The number of hydrogen-bond donors (Lipinski definition) is 0. The van der Waals surface area contributed by atoms with Gasteiger partial charge in [0.1, 0.15) is 6.04 Å². The van der Waals surface area contributed by atoms with Crippen LogP contribution in [0.5, 0.6) is 0 Å². The Labute approximate surface area is 99.1 Å². The van der Waals surface area contributed by atoms with Gasteiger partial charge in [-0.3, -0.25) is 4.99 Å². The van der Waals surface area contributed by atoms with Crippen LogP contribution in [0.4, 0.5) is 0 Å². The summed E-state index contributed by atoms with van der Waals surface area (Å²) in [5, 5.41) is 0. The zero-order chi connectivity index (χ0) is 11.8. The SMILES string of the molecule is COC(=O)C1=C2C=CC=NC2c2ccccc21. The molecule has 0 N–H and O–H groups in total. The van der Waals surface area contributed by atoms with Gasteiger partial charge >= 0.3 is 5.97 Å². The number of ether oxygens (including phenoxy) is 1.